The summed E-state index contributed by atoms with van der Waals surface area (Å²) >= 11 is 0. The Balaban J connectivity index is 1.95. The first-order valence-corrected chi connectivity index (χ1v) is 10.2. The van der Waals surface area contributed by atoms with Crippen LogP contribution in [0.5, 0.6) is 0 Å². The van der Waals surface area contributed by atoms with E-state index in [1.807, 2.05) is 13.8 Å². The van der Waals surface area contributed by atoms with Crippen molar-refractivity contribution >= 4 is 22.9 Å². The van der Waals surface area contributed by atoms with Gasteiger partial charge >= 0.3 is 0 Å². The summed E-state index contributed by atoms with van der Waals surface area (Å²) in [5, 5.41) is 1.17. The molecule has 0 atom stereocenters. The third kappa shape index (κ3) is 2.86. The van der Waals surface area contributed by atoms with Crippen LogP contribution in [0.25, 0.3) is 16.6 Å². The van der Waals surface area contributed by atoms with E-state index >= 15 is 0 Å². The van der Waals surface area contributed by atoms with Gasteiger partial charge in [0.25, 0.3) is 0 Å². The maximum Gasteiger partial charge on any atom is 0.146 e. The highest BCUT2D eigenvalue weighted by Crippen LogP contribution is 2.41. The van der Waals surface area contributed by atoms with Gasteiger partial charge in [0.1, 0.15) is 12.1 Å². The van der Waals surface area contributed by atoms with Gasteiger partial charge in [-0.25, -0.2) is 9.37 Å². The summed E-state index contributed by atoms with van der Waals surface area (Å²) < 4.78 is 14.5. The van der Waals surface area contributed by atoms with Crippen molar-refractivity contribution in [3.63, 3.8) is 0 Å². The zero-order valence-electron chi connectivity index (χ0n) is 17.2. The Hall–Kier alpha value is -2.49. The van der Waals surface area contributed by atoms with E-state index in [9.17, 15) is 9.18 Å². The number of hydrogen-bond acceptors (Lipinski definition) is 3. The standard InChI is InChI=1S/C24H27FN2O/c1-5-7-16(13-28)14(2)10-22-24-19(12-27(22)4)18-9-6-8-17-15(3)20(25)11-21(26-24)23(17)18/h10-11,13H,5-9,12H2,1-4H3/b16-14-,22-10-. The van der Waals surface area contributed by atoms with Crippen LogP contribution in [0.3, 0.4) is 0 Å². The Morgan fingerprint density at radius 3 is 2.75 bits per heavy atom. The van der Waals surface area contributed by atoms with Crippen molar-refractivity contribution in [2.24, 2.45) is 0 Å². The predicted molar refractivity (Wildman–Crippen MR) is 112 cm³/mol. The van der Waals surface area contributed by atoms with Crippen LogP contribution in [-0.2, 0) is 24.2 Å². The Labute approximate surface area is 166 Å². The molecular weight excluding hydrogens is 351 g/mol. The number of carbonyl (C=O) groups excluding carboxylic acids is 1. The van der Waals surface area contributed by atoms with E-state index in [-0.39, 0.29) is 5.82 Å². The number of nitrogens with zero attached hydrogens (tertiary/aromatic N) is 2. The number of halogens is 1. The molecule has 1 aliphatic heterocycles. The lowest BCUT2D eigenvalue weighted by molar-refractivity contribution is -0.105. The maximum absolute atomic E-state index is 14.5. The molecule has 1 aromatic carbocycles. The quantitative estimate of drug-likeness (QED) is 0.536. The summed E-state index contributed by atoms with van der Waals surface area (Å²) in [6, 6.07) is 1.59. The average molecular weight is 378 g/mol. The Bertz CT molecular complexity index is 1050. The zero-order valence-corrected chi connectivity index (χ0v) is 17.2. The topological polar surface area (TPSA) is 33.2 Å². The molecular formula is C24H27FN2O. The third-order valence-corrected chi connectivity index (χ3v) is 6.24. The lowest BCUT2D eigenvalue weighted by Gasteiger charge is -2.21. The largest absolute Gasteiger partial charge is 0.368 e. The molecule has 2 aliphatic rings. The van der Waals surface area contributed by atoms with E-state index in [4.69, 9.17) is 4.98 Å². The molecule has 1 aromatic heterocycles. The van der Waals surface area contributed by atoms with Crippen LogP contribution >= 0.6 is 0 Å². The van der Waals surface area contributed by atoms with Crippen molar-refractivity contribution in [1.82, 2.24) is 9.88 Å². The summed E-state index contributed by atoms with van der Waals surface area (Å²) in [5.41, 5.74) is 9.06. The van der Waals surface area contributed by atoms with Gasteiger partial charge in [0, 0.05) is 30.6 Å². The number of aryl methyl sites for hydroxylation is 2. The molecule has 0 N–H and O–H groups in total. The Morgan fingerprint density at radius 2 is 2.04 bits per heavy atom. The van der Waals surface area contributed by atoms with Gasteiger partial charge in [-0.15, -0.1) is 0 Å². The summed E-state index contributed by atoms with van der Waals surface area (Å²) in [5.74, 6) is -0.165. The molecule has 4 heteroatoms. The number of allylic oxidation sites excluding steroid dienone is 3. The van der Waals surface area contributed by atoms with E-state index in [0.29, 0.717) is 0 Å². The molecule has 2 heterocycles. The molecule has 0 saturated carbocycles. The summed E-state index contributed by atoms with van der Waals surface area (Å²) in [4.78, 5) is 18.6. The SMILES string of the molecule is CCC/C(C=O)=C(C)/C=C1/c2nc3cc(F)c(C)c4c3c(c2CN1C)CCC4. The highest BCUT2D eigenvalue weighted by atomic mass is 19.1. The highest BCUT2D eigenvalue weighted by molar-refractivity contribution is 5.92. The number of aromatic nitrogens is 1. The van der Waals surface area contributed by atoms with Crippen molar-refractivity contribution in [1.29, 1.82) is 0 Å². The van der Waals surface area contributed by atoms with Crippen molar-refractivity contribution in [3.05, 3.63) is 57.1 Å². The summed E-state index contributed by atoms with van der Waals surface area (Å²) in [7, 11) is 2.06. The maximum atomic E-state index is 14.5. The van der Waals surface area contributed by atoms with Crippen molar-refractivity contribution in [3.8, 4) is 0 Å². The van der Waals surface area contributed by atoms with E-state index < -0.39 is 0 Å². The number of hydrogen-bond donors (Lipinski definition) is 0. The molecule has 0 spiro atoms. The smallest absolute Gasteiger partial charge is 0.146 e. The van der Waals surface area contributed by atoms with Gasteiger partial charge in [-0.2, -0.15) is 0 Å². The molecule has 28 heavy (non-hydrogen) atoms. The van der Waals surface area contributed by atoms with E-state index in [0.717, 1.165) is 84.1 Å². The van der Waals surface area contributed by atoms with Gasteiger partial charge in [-0.1, -0.05) is 13.3 Å². The van der Waals surface area contributed by atoms with Crippen molar-refractivity contribution < 1.29 is 9.18 Å². The number of benzene rings is 1. The van der Waals surface area contributed by atoms with Gasteiger partial charge in [0.05, 0.1) is 16.9 Å². The minimum absolute atomic E-state index is 0.165. The lowest BCUT2D eigenvalue weighted by Crippen LogP contribution is -2.10. The van der Waals surface area contributed by atoms with Gasteiger partial charge in [0.2, 0.25) is 0 Å². The molecule has 0 unspecified atom stereocenters. The molecule has 0 saturated heterocycles. The lowest BCUT2D eigenvalue weighted by atomic mass is 9.85. The number of rotatable bonds is 4. The second kappa shape index (κ2) is 7.16. The second-order valence-electron chi connectivity index (χ2n) is 8.09. The third-order valence-electron chi connectivity index (χ3n) is 6.24. The molecule has 3 nitrogen and oxygen atoms in total. The fraction of sp³-hybridized carbons (Fsp3) is 0.417. The zero-order chi connectivity index (χ0) is 20.0. The van der Waals surface area contributed by atoms with Crippen LogP contribution in [0.4, 0.5) is 4.39 Å². The van der Waals surface area contributed by atoms with Crippen LogP contribution in [0.1, 0.15) is 61.1 Å². The number of aldehydes is 1. The van der Waals surface area contributed by atoms with Crippen LogP contribution in [-0.4, -0.2) is 23.2 Å². The van der Waals surface area contributed by atoms with Crippen LogP contribution in [0.15, 0.2) is 23.3 Å². The Morgan fingerprint density at radius 1 is 1.29 bits per heavy atom. The van der Waals surface area contributed by atoms with Crippen LogP contribution in [0.2, 0.25) is 0 Å². The minimum atomic E-state index is -0.165. The first-order chi connectivity index (χ1) is 13.5. The number of pyridine rings is 1. The molecule has 0 bridgehead atoms. The molecule has 1 aliphatic carbocycles. The highest BCUT2D eigenvalue weighted by Gasteiger charge is 2.30. The molecule has 0 amide bonds. The fourth-order valence-corrected chi connectivity index (χ4v) is 4.70. The van der Waals surface area contributed by atoms with E-state index in [1.165, 1.54) is 16.5 Å². The van der Waals surface area contributed by atoms with Crippen LogP contribution < -0.4 is 0 Å². The first-order valence-electron chi connectivity index (χ1n) is 10.2. The van der Waals surface area contributed by atoms with Crippen LogP contribution in [0, 0.1) is 12.7 Å². The predicted octanol–water partition coefficient (Wildman–Crippen LogP) is 5.27. The average Bonchev–Trinajstić information content (AvgIpc) is 2.99. The monoisotopic (exact) mass is 378 g/mol. The summed E-state index contributed by atoms with van der Waals surface area (Å²) in [6.07, 6.45) is 7.75. The van der Waals surface area contributed by atoms with E-state index in [1.54, 1.807) is 6.07 Å². The molecule has 146 valence electrons. The summed E-state index contributed by atoms with van der Waals surface area (Å²) in [6.45, 7) is 6.76. The fourth-order valence-electron chi connectivity index (χ4n) is 4.70. The first kappa shape index (κ1) is 18.9. The van der Waals surface area contributed by atoms with Gasteiger partial charge in [-0.3, -0.25) is 4.79 Å². The molecule has 2 aromatic rings. The van der Waals surface area contributed by atoms with Crippen molar-refractivity contribution in [2.45, 2.75) is 59.4 Å². The molecule has 4 rings (SSSR count). The molecule has 0 fully saturated rings. The second-order valence-corrected chi connectivity index (χ2v) is 8.09. The minimum Gasteiger partial charge on any atom is -0.368 e. The number of fused-ring (bicyclic) bond motifs is 2. The van der Waals surface area contributed by atoms with E-state index in [2.05, 4.69) is 24.9 Å². The van der Waals surface area contributed by atoms with Crippen molar-refractivity contribution in [2.75, 3.05) is 7.05 Å². The van der Waals surface area contributed by atoms with Gasteiger partial charge in [-0.05, 0) is 73.4 Å². The molecule has 0 radical (unpaired) electrons. The normalized spacial score (nSPS) is 17.9. The number of carbonyl (C=O) groups is 1. The van der Waals surface area contributed by atoms with Gasteiger partial charge in [0.15, 0.2) is 0 Å². The van der Waals surface area contributed by atoms with Gasteiger partial charge < -0.3 is 4.90 Å². The Kier molecular flexibility index (Phi) is 4.82.